The van der Waals surface area contributed by atoms with Gasteiger partial charge in [-0.15, -0.1) is 16.8 Å². The number of rotatable bonds is 12. The number of allylic oxidation sites excluding steroid dienone is 1. The van der Waals surface area contributed by atoms with E-state index in [2.05, 4.69) is 39.5 Å². The Hall–Kier alpha value is -3.59. The number of nitrogens with zero attached hydrogens (tertiary/aromatic N) is 3. The van der Waals surface area contributed by atoms with Crippen LogP contribution >= 0.6 is 11.8 Å². The Morgan fingerprint density at radius 1 is 1.15 bits per heavy atom. The molecular weight excluding hydrogens is 450 g/mol. The molecule has 0 saturated carbocycles. The lowest BCUT2D eigenvalue weighted by molar-refractivity contribution is -0.118. The molecule has 178 valence electrons. The maximum atomic E-state index is 12.5. The highest BCUT2D eigenvalue weighted by atomic mass is 32.2. The van der Waals surface area contributed by atoms with Crippen molar-refractivity contribution in [2.75, 3.05) is 18.2 Å². The van der Waals surface area contributed by atoms with Crippen molar-refractivity contribution in [1.82, 2.24) is 20.1 Å². The zero-order valence-electron chi connectivity index (χ0n) is 19.4. The highest BCUT2D eigenvalue weighted by molar-refractivity contribution is 7.99. The third-order valence-electron chi connectivity index (χ3n) is 4.99. The lowest BCUT2D eigenvalue weighted by Gasteiger charge is -2.12. The van der Waals surface area contributed by atoms with Crippen LogP contribution in [0.3, 0.4) is 0 Å². The van der Waals surface area contributed by atoms with Crippen LogP contribution in [0.5, 0.6) is 5.75 Å². The molecule has 0 atom stereocenters. The molecule has 2 amide bonds. The van der Waals surface area contributed by atoms with Crippen LogP contribution in [-0.2, 0) is 35.5 Å². The molecule has 0 aliphatic carbocycles. The highest BCUT2D eigenvalue weighted by Gasteiger charge is 2.14. The van der Waals surface area contributed by atoms with Gasteiger partial charge in [0, 0.05) is 37.7 Å². The molecule has 0 fully saturated rings. The predicted molar refractivity (Wildman–Crippen MR) is 134 cm³/mol. The first-order chi connectivity index (χ1) is 16.5. The van der Waals surface area contributed by atoms with Gasteiger partial charge in [0.15, 0.2) is 5.16 Å². The predicted octanol–water partition coefficient (Wildman–Crippen LogP) is 3.62. The molecule has 1 heterocycles. The number of aryl methyl sites for hydroxylation is 2. The van der Waals surface area contributed by atoms with Crippen LogP contribution in [0.15, 0.2) is 66.3 Å². The van der Waals surface area contributed by atoms with Crippen molar-refractivity contribution in [1.29, 1.82) is 0 Å². The summed E-state index contributed by atoms with van der Waals surface area (Å²) in [5, 5.41) is 14.9. The smallest absolute Gasteiger partial charge is 0.230 e. The van der Waals surface area contributed by atoms with Gasteiger partial charge in [-0.25, -0.2) is 0 Å². The average molecular weight is 480 g/mol. The number of ether oxygens (including phenoxy) is 1. The van der Waals surface area contributed by atoms with E-state index in [-0.39, 0.29) is 24.1 Å². The molecule has 0 radical (unpaired) electrons. The van der Waals surface area contributed by atoms with E-state index >= 15 is 0 Å². The van der Waals surface area contributed by atoms with E-state index in [0.717, 1.165) is 24.2 Å². The van der Waals surface area contributed by atoms with Crippen LogP contribution in [-0.4, -0.2) is 39.4 Å². The summed E-state index contributed by atoms with van der Waals surface area (Å²) in [5.74, 6) is 1.39. The number of anilines is 1. The number of carbonyl (C=O) groups is 2. The highest BCUT2D eigenvalue weighted by Crippen LogP contribution is 2.23. The molecule has 1 aromatic heterocycles. The van der Waals surface area contributed by atoms with E-state index < -0.39 is 0 Å². The molecule has 0 aliphatic heterocycles. The Morgan fingerprint density at radius 2 is 1.94 bits per heavy atom. The second kappa shape index (κ2) is 12.6. The average Bonchev–Trinajstić information content (AvgIpc) is 3.22. The van der Waals surface area contributed by atoms with E-state index in [4.69, 9.17) is 4.74 Å². The van der Waals surface area contributed by atoms with Gasteiger partial charge in [-0.2, -0.15) is 0 Å². The van der Waals surface area contributed by atoms with Crippen molar-refractivity contribution in [3.05, 3.63) is 78.1 Å². The van der Waals surface area contributed by atoms with Gasteiger partial charge < -0.3 is 19.9 Å². The number of amides is 2. The SMILES string of the molecule is C=CCn1c(CCc2ccccc2)nnc1SCC(=O)NCc1cc(NC(C)=O)ccc1OC. The van der Waals surface area contributed by atoms with E-state index in [1.165, 1.54) is 24.2 Å². The van der Waals surface area contributed by atoms with Crippen LogP contribution < -0.4 is 15.4 Å². The zero-order valence-corrected chi connectivity index (χ0v) is 20.2. The van der Waals surface area contributed by atoms with E-state index in [1.807, 2.05) is 22.8 Å². The van der Waals surface area contributed by atoms with Gasteiger partial charge in [-0.1, -0.05) is 48.2 Å². The molecular formula is C25H29N5O3S. The summed E-state index contributed by atoms with van der Waals surface area (Å²) in [5.41, 5.74) is 2.65. The molecule has 0 saturated heterocycles. The summed E-state index contributed by atoms with van der Waals surface area (Å²) >= 11 is 1.34. The Kier molecular flexibility index (Phi) is 9.28. The maximum Gasteiger partial charge on any atom is 0.230 e. The van der Waals surface area contributed by atoms with Crippen molar-refractivity contribution in [2.45, 2.75) is 38.0 Å². The van der Waals surface area contributed by atoms with Gasteiger partial charge in [-0.05, 0) is 30.2 Å². The fraction of sp³-hybridized carbons (Fsp3) is 0.280. The monoisotopic (exact) mass is 479 g/mol. The third kappa shape index (κ3) is 7.21. The van der Waals surface area contributed by atoms with Crippen molar-refractivity contribution in [3.8, 4) is 5.75 Å². The first-order valence-corrected chi connectivity index (χ1v) is 11.9. The molecule has 0 aliphatic rings. The summed E-state index contributed by atoms with van der Waals surface area (Å²) in [4.78, 5) is 23.8. The summed E-state index contributed by atoms with van der Waals surface area (Å²) in [7, 11) is 1.57. The molecule has 0 unspecified atom stereocenters. The van der Waals surface area contributed by atoms with Gasteiger partial charge in [0.05, 0.1) is 12.9 Å². The van der Waals surface area contributed by atoms with Gasteiger partial charge in [0.1, 0.15) is 11.6 Å². The normalized spacial score (nSPS) is 10.5. The number of carbonyl (C=O) groups excluding carboxylic acids is 2. The van der Waals surface area contributed by atoms with Gasteiger partial charge in [-0.3, -0.25) is 9.59 Å². The van der Waals surface area contributed by atoms with Crippen LogP contribution in [0.4, 0.5) is 5.69 Å². The number of thioether (sulfide) groups is 1. The Labute approximate surface area is 203 Å². The molecule has 34 heavy (non-hydrogen) atoms. The Morgan fingerprint density at radius 3 is 2.65 bits per heavy atom. The first kappa shape index (κ1) is 25.0. The molecule has 3 rings (SSSR count). The number of methoxy groups -OCH3 is 1. The first-order valence-electron chi connectivity index (χ1n) is 10.9. The lowest BCUT2D eigenvalue weighted by Crippen LogP contribution is -2.25. The molecule has 9 heteroatoms. The standard InChI is InChI=1S/C25H29N5O3S/c1-4-14-30-23(13-10-19-8-6-5-7-9-19)28-29-25(30)34-17-24(32)26-16-20-15-21(27-18(2)31)11-12-22(20)33-3/h4-9,11-12,15H,1,10,13-14,16-17H2,2-3H3,(H,26,32)(H,27,31). The third-order valence-corrected chi connectivity index (χ3v) is 5.96. The topological polar surface area (TPSA) is 98.1 Å². The fourth-order valence-corrected chi connectivity index (χ4v) is 4.19. The molecule has 0 bridgehead atoms. The lowest BCUT2D eigenvalue weighted by atomic mass is 10.1. The van der Waals surface area contributed by atoms with Gasteiger partial charge in [0.2, 0.25) is 11.8 Å². The van der Waals surface area contributed by atoms with Gasteiger partial charge in [0.25, 0.3) is 0 Å². The van der Waals surface area contributed by atoms with E-state index in [9.17, 15) is 9.59 Å². The minimum absolute atomic E-state index is 0.143. The molecule has 0 spiro atoms. The van der Waals surface area contributed by atoms with Gasteiger partial charge >= 0.3 is 0 Å². The summed E-state index contributed by atoms with van der Waals surface area (Å²) in [6, 6.07) is 15.5. The maximum absolute atomic E-state index is 12.5. The van der Waals surface area contributed by atoms with Crippen LogP contribution in [0.2, 0.25) is 0 Å². The second-order valence-corrected chi connectivity index (χ2v) is 8.50. The number of hydrogen-bond donors (Lipinski definition) is 2. The molecule has 8 nitrogen and oxygen atoms in total. The van der Waals surface area contributed by atoms with E-state index in [0.29, 0.717) is 23.1 Å². The van der Waals surface area contributed by atoms with Crippen molar-refractivity contribution < 1.29 is 14.3 Å². The fourth-order valence-electron chi connectivity index (χ4n) is 3.40. The zero-order chi connectivity index (χ0) is 24.3. The minimum Gasteiger partial charge on any atom is -0.496 e. The number of nitrogens with one attached hydrogen (secondary N) is 2. The second-order valence-electron chi connectivity index (χ2n) is 7.56. The quantitative estimate of drug-likeness (QED) is 0.304. The number of aromatic nitrogens is 3. The number of benzene rings is 2. The molecule has 2 N–H and O–H groups in total. The van der Waals surface area contributed by atoms with E-state index in [1.54, 1.807) is 31.4 Å². The van der Waals surface area contributed by atoms with Crippen LogP contribution in [0, 0.1) is 0 Å². The van der Waals surface area contributed by atoms with Crippen molar-refractivity contribution in [2.24, 2.45) is 0 Å². The summed E-state index contributed by atoms with van der Waals surface area (Å²) < 4.78 is 7.36. The largest absolute Gasteiger partial charge is 0.496 e. The van der Waals surface area contributed by atoms with Crippen molar-refractivity contribution in [3.63, 3.8) is 0 Å². The molecule has 3 aromatic rings. The van der Waals surface area contributed by atoms with Crippen LogP contribution in [0.1, 0.15) is 23.9 Å². The Bertz CT molecular complexity index is 1130. The Balaban J connectivity index is 1.57. The van der Waals surface area contributed by atoms with Crippen LogP contribution in [0.25, 0.3) is 0 Å². The van der Waals surface area contributed by atoms with Crippen molar-refractivity contribution >= 4 is 29.3 Å². The summed E-state index contributed by atoms with van der Waals surface area (Å²) in [6.07, 6.45) is 3.41. The number of hydrogen-bond acceptors (Lipinski definition) is 6. The molecule has 2 aromatic carbocycles. The summed E-state index contributed by atoms with van der Waals surface area (Å²) in [6.45, 7) is 6.13. The minimum atomic E-state index is -0.164.